The number of nitrogens with zero attached hydrogens (tertiary/aromatic N) is 1. The Hall–Kier alpha value is -3.09. The maximum absolute atomic E-state index is 12.3. The van der Waals surface area contributed by atoms with Gasteiger partial charge in [-0.15, -0.1) is 11.8 Å². The highest BCUT2D eigenvalue weighted by Crippen LogP contribution is 2.35. The summed E-state index contributed by atoms with van der Waals surface area (Å²) < 4.78 is 11.8. The van der Waals surface area contributed by atoms with Crippen LogP contribution in [0, 0.1) is 6.92 Å². The first kappa shape index (κ1) is 21.7. The molecule has 3 aromatic carbocycles. The molecular formula is C27H26N2O3S. The number of benzene rings is 3. The third-order valence-electron chi connectivity index (χ3n) is 6.15. The van der Waals surface area contributed by atoms with E-state index in [2.05, 4.69) is 30.4 Å². The van der Waals surface area contributed by atoms with E-state index in [1.54, 1.807) is 11.8 Å². The van der Waals surface area contributed by atoms with Crippen LogP contribution in [0.25, 0.3) is 33.7 Å². The van der Waals surface area contributed by atoms with E-state index in [-0.39, 0.29) is 18.6 Å². The zero-order valence-corrected chi connectivity index (χ0v) is 19.6. The lowest BCUT2D eigenvalue weighted by Gasteiger charge is -2.12. The van der Waals surface area contributed by atoms with Crippen LogP contribution >= 0.6 is 11.8 Å². The van der Waals surface area contributed by atoms with Gasteiger partial charge in [0.05, 0.1) is 0 Å². The lowest BCUT2D eigenvalue weighted by atomic mass is 9.96. The van der Waals surface area contributed by atoms with Crippen LogP contribution in [0.15, 0.2) is 70.0 Å². The molecule has 1 saturated heterocycles. The molecule has 5 nitrogen and oxygen atoms in total. The van der Waals surface area contributed by atoms with Crippen molar-refractivity contribution in [2.75, 3.05) is 12.8 Å². The van der Waals surface area contributed by atoms with Gasteiger partial charge in [-0.05, 0) is 67.5 Å². The van der Waals surface area contributed by atoms with Crippen LogP contribution in [-0.4, -0.2) is 29.8 Å². The number of esters is 1. The van der Waals surface area contributed by atoms with Crippen molar-refractivity contribution in [3.05, 3.63) is 71.8 Å². The summed E-state index contributed by atoms with van der Waals surface area (Å²) in [5.74, 6) is 0.408. The van der Waals surface area contributed by atoms with E-state index in [9.17, 15) is 4.79 Å². The Balaban J connectivity index is 1.46. The monoisotopic (exact) mass is 458 g/mol. The minimum Gasteiger partial charge on any atom is -0.460 e. The van der Waals surface area contributed by atoms with Gasteiger partial charge in [-0.3, -0.25) is 4.79 Å². The number of ether oxygens (including phenoxy) is 1. The predicted molar refractivity (Wildman–Crippen MR) is 132 cm³/mol. The predicted octanol–water partition coefficient (Wildman–Crippen LogP) is 5.99. The number of rotatable bonds is 6. The van der Waals surface area contributed by atoms with Gasteiger partial charge < -0.3 is 14.5 Å². The van der Waals surface area contributed by atoms with Crippen molar-refractivity contribution in [2.45, 2.75) is 37.3 Å². The summed E-state index contributed by atoms with van der Waals surface area (Å²) in [5, 5.41) is 3.19. The SMILES string of the molecule is CSc1cc2oc(-c3cccc(-c4ccccc4)c3C)nc2cc1COC(=O)[C@@H]1CCCN1. The summed E-state index contributed by atoms with van der Waals surface area (Å²) in [7, 11) is 0. The second kappa shape index (κ2) is 9.41. The van der Waals surface area contributed by atoms with E-state index in [0.29, 0.717) is 5.89 Å². The average molecular weight is 459 g/mol. The number of thioether (sulfide) groups is 1. The molecular weight excluding hydrogens is 432 g/mol. The molecule has 33 heavy (non-hydrogen) atoms. The molecule has 6 heteroatoms. The van der Waals surface area contributed by atoms with Crippen LogP contribution in [0.3, 0.4) is 0 Å². The third kappa shape index (κ3) is 4.41. The van der Waals surface area contributed by atoms with Gasteiger partial charge >= 0.3 is 5.97 Å². The van der Waals surface area contributed by atoms with Gasteiger partial charge in [0.25, 0.3) is 0 Å². The molecule has 4 aromatic rings. The van der Waals surface area contributed by atoms with Gasteiger partial charge in [0, 0.05) is 16.0 Å². The molecule has 1 aliphatic heterocycles. The molecule has 0 spiro atoms. The van der Waals surface area contributed by atoms with E-state index in [1.165, 1.54) is 5.56 Å². The molecule has 5 rings (SSSR count). The molecule has 0 bridgehead atoms. The quantitative estimate of drug-likeness (QED) is 0.283. The number of oxazole rings is 1. The van der Waals surface area contributed by atoms with Crippen molar-refractivity contribution in [3.8, 4) is 22.6 Å². The number of carbonyl (C=O) groups excluding carboxylic acids is 1. The van der Waals surface area contributed by atoms with Crippen LogP contribution in [0.1, 0.15) is 24.0 Å². The Morgan fingerprint density at radius 3 is 2.73 bits per heavy atom. The summed E-state index contributed by atoms with van der Waals surface area (Å²) in [5.41, 5.74) is 6.85. The van der Waals surface area contributed by atoms with Gasteiger partial charge in [-0.2, -0.15) is 0 Å². The van der Waals surface area contributed by atoms with E-state index in [4.69, 9.17) is 14.1 Å². The van der Waals surface area contributed by atoms with Crippen molar-refractivity contribution in [3.63, 3.8) is 0 Å². The first-order valence-electron chi connectivity index (χ1n) is 11.2. The molecule has 1 atom stereocenters. The number of hydrogen-bond acceptors (Lipinski definition) is 6. The standard InChI is InChI=1S/C27H26N2O3S/c1-17-20(18-8-4-3-5-9-18)10-6-11-21(17)26-29-23-14-19(25(33-2)15-24(23)32-26)16-31-27(30)22-12-7-13-28-22/h3-6,8-11,14-15,22,28H,7,12-13,16H2,1-2H3/t22-/m0/s1. The van der Waals surface area contributed by atoms with Crippen LogP contribution in [-0.2, 0) is 16.1 Å². The maximum Gasteiger partial charge on any atom is 0.323 e. The van der Waals surface area contributed by atoms with Crippen molar-refractivity contribution in [1.82, 2.24) is 10.3 Å². The molecule has 0 amide bonds. The molecule has 0 aliphatic carbocycles. The molecule has 0 unspecified atom stereocenters. The lowest BCUT2D eigenvalue weighted by molar-refractivity contribution is -0.147. The molecule has 2 heterocycles. The Labute approximate surface area is 197 Å². The van der Waals surface area contributed by atoms with Crippen LogP contribution in [0.4, 0.5) is 0 Å². The first-order valence-corrected chi connectivity index (χ1v) is 12.4. The minimum absolute atomic E-state index is 0.186. The highest BCUT2D eigenvalue weighted by molar-refractivity contribution is 7.98. The number of fused-ring (bicyclic) bond motifs is 1. The summed E-state index contributed by atoms with van der Waals surface area (Å²) in [6, 6.07) is 20.3. The largest absolute Gasteiger partial charge is 0.460 e. The van der Waals surface area contributed by atoms with Crippen LogP contribution in [0.5, 0.6) is 0 Å². The molecule has 0 radical (unpaired) electrons. The van der Waals surface area contributed by atoms with Crippen molar-refractivity contribution in [1.29, 1.82) is 0 Å². The van der Waals surface area contributed by atoms with Gasteiger partial charge in [0.1, 0.15) is 18.2 Å². The Bertz CT molecular complexity index is 1290. The van der Waals surface area contributed by atoms with Gasteiger partial charge in [0.2, 0.25) is 5.89 Å². The number of hydrogen-bond donors (Lipinski definition) is 1. The Morgan fingerprint density at radius 1 is 1.15 bits per heavy atom. The highest BCUT2D eigenvalue weighted by Gasteiger charge is 2.24. The molecule has 1 aliphatic rings. The van der Waals surface area contributed by atoms with Gasteiger partial charge in [-0.25, -0.2) is 4.98 Å². The minimum atomic E-state index is -0.190. The number of nitrogens with one attached hydrogen (secondary N) is 1. The Morgan fingerprint density at radius 2 is 1.97 bits per heavy atom. The summed E-state index contributed by atoms with van der Waals surface area (Å²) in [6.07, 6.45) is 3.85. The van der Waals surface area contributed by atoms with E-state index >= 15 is 0 Å². The fraction of sp³-hybridized carbons (Fsp3) is 0.259. The molecule has 0 saturated carbocycles. The third-order valence-corrected chi connectivity index (χ3v) is 6.97. The molecule has 1 fully saturated rings. The second-order valence-corrected chi connectivity index (χ2v) is 9.10. The maximum atomic E-state index is 12.3. The van der Waals surface area contributed by atoms with Gasteiger partial charge in [-0.1, -0.05) is 42.5 Å². The van der Waals surface area contributed by atoms with Crippen LogP contribution < -0.4 is 5.32 Å². The van der Waals surface area contributed by atoms with Crippen LogP contribution in [0.2, 0.25) is 0 Å². The Kier molecular flexibility index (Phi) is 6.20. The average Bonchev–Trinajstić information content (AvgIpc) is 3.52. The summed E-state index contributed by atoms with van der Waals surface area (Å²) >= 11 is 1.61. The van der Waals surface area contributed by atoms with E-state index in [1.807, 2.05) is 48.7 Å². The number of carbonyl (C=O) groups is 1. The van der Waals surface area contributed by atoms with Crippen molar-refractivity contribution >= 4 is 28.8 Å². The fourth-order valence-corrected chi connectivity index (χ4v) is 4.95. The van der Waals surface area contributed by atoms with Gasteiger partial charge in [0.15, 0.2) is 5.58 Å². The zero-order valence-electron chi connectivity index (χ0n) is 18.8. The first-order chi connectivity index (χ1) is 16.1. The van der Waals surface area contributed by atoms with E-state index in [0.717, 1.165) is 57.6 Å². The zero-order chi connectivity index (χ0) is 22.8. The molecule has 1 aromatic heterocycles. The molecule has 168 valence electrons. The number of aromatic nitrogens is 1. The van der Waals surface area contributed by atoms with Crippen molar-refractivity contribution < 1.29 is 13.9 Å². The molecule has 1 N–H and O–H groups in total. The topological polar surface area (TPSA) is 64.4 Å². The lowest BCUT2D eigenvalue weighted by Crippen LogP contribution is -2.32. The van der Waals surface area contributed by atoms with E-state index < -0.39 is 0 Å². The summed E-state index contributed by atoms with van der Waals surface area (Å²) in [4.78, 5) is 18.1. The smallest absolute Gasteiger partial charge is 0.323 e. The normalized spacial score (nSPS) is 15.8. The van der Waals surface area contributed by atoms with Crippen molar-refractivity contribution in [2.24, 2.45) is 0 Å². The highest BCUT2D eigenvalue weighted by atomic mass is 32.2. The summed E-state index contributed by atoms with van der Waals surface area (Å²) in [6.45, 7) is 3.20. The second-order valence-electron chi connectivity index (χ2n) is 8.25. The fourth-order valence-electron chi connectivity index (χ4n) is 4.35.